The highest BCUT2D eigenvalue weighted by molar-refractivity contribution is 9.10. The lowest BCUT2D eigenvalue weighted by atomic mass is 10.1. The van der Waals surface area contributed by atoms with Gasteiger partial charge in [0, 0.05) is 18.1 Å². The Labute approximate surface area is 117 Å². The summed E-state index contributed by atoms with van der Waals surface area (Å²) in [6.45, 7) is 2.92. The number of aryl methyl sites for hydroxylation is 1. The van der Waals surface area contributed by atoms with E-state index >= 15 is 0 Å². The quantitative estimate of drug-likeness (QED) is 0.826. The first-order valence-electron chi connectivity index (χ1n) is 6.59. The Morgan fingerprint density at radius 2 is 2.06 bits per heavy atom. The molecule has 1 saturated carbocycles. The molecule has 0 atom stereocenters. The van der Waals surface area contributed by atoms with Gasteiger partial charge in [-0.3, -0.25) is 4.79 Å². The van der Waals surface area contributed by atoms with E-state index in [2.05, 4.69) is 15.9 Å². The highest BCUT2D eigenvalue weighted by Gasteiger charge is 2.21. The Hall–Kier alpha value is -0.830. The van der Waals surface area contributed by atoms with Gasteiger partial charge in [-0.25, -0.2) is 0 Å². The Morgan fingerprint density at radius 3 is 2.67 bits per heavy atom. The Balaban J connectivity index is 2.05. The normalized spacial score (nSPS) is 15.9. The molecule has 0 unspecified atom stereocenters. The van der Waals surface area contributed by atoms with Gasteiger partial charge < -0.3 is 4.90 Å². The molecule has 2 rings (SSSR count). The highest BCUT2D eigenvalue weighted by atomic mass is 79.9. The van der Waals surface area contributed by atoms with Crippen LogP contribution in [0.3, 0.4) is 0 Å². The van der Waals surface area contributed by atoms with Crippen molar-refractivity contribution in [2.75, 3.05) is 13.6 Å². The third-order valence-corrected chi connectivity index (χ3v) is 4.36. The summed E-state index contributed by atoms with van der Waals surface area (Å²) in [6.07, 6.45) is 5.18. The van der Waals surface area contributed by atoms with E-state index in [-0.39, 0.29) is 5.91 Å². The van der Waals surface area contributed by atoms with Gasteiger partial charge in [0.2, 0.25) is 0 Å². The summed E-state index contributed by atoms with van der Waals surface area (Å²) >= 11 is 3.48. The first-order valence-corrected chi connectivity index (χ1v) is 7.39. The van der Waals surface area contributed by atoms with E-state index in [9.17, 15) is 4.79 Å². The third kappa shape index (κ3) is 3.14. The molecule has 18 heavy (non-hydrogen) atoms. The first-order chi connectivity index (χ1) is 8.58. The van der Waals surface area contributed by atoms with Crippen molar-refractivity contribution >= 4 is 21.8 Å². The van der Waals surface area contributed by atoms with E-state index in [0.29, 0.717) is 5.92 Å². The van der Waals surface area contributed by atoms with Gasteiger partial charge in [0.15, 0.2) is 0 Å². The second-order valence-electron chi connectivity index (χ2n) is 5.32. The first kappa shape index (κ1) is 13.6. The van der Waals surface area contributed by atoms with Crippen LogP contribution in [-0.2, 0) is 0 Å². The van der Waals surface area contributed by atoms with E-state index in [1.165, 1.54) is 25.7 Å². The van der Waals surface area contributed by atoms with Gasteiger partial charge in [-0.15, -0.1) is 0 Å². The fraction of sp³-hybridized carbons (Fsp3) is 0.533. The van der Waals surface area contributed by atoms with Gasteiger partial charge in [0.25, 0.3) is 5.91 Å². The molecule has 0 bridgehead atoms. The fourth-order valence-corrected chi connectivity index (χ4v) is 3.33. The minimum Gasteiger partial charge on any atom is -0.341 e. The van der Waals surface area contributed by atoms with Crippen LogP contribution in [0.2, 0.25) is 0 Å². The van der Waals surface area contributed by atoms with E-state index in [1.807, 2.05) is 37.1 Å². The van der Waals surface area contributed by atoms with Crippen LogP contribution in [-0.4, -0.2) is 24.4 Å². The second-order valence-corrected chi connectivity index (χ2v) is 6.17. The lowest BCUT2D eigenvalue weighted by molar-refractivity contribution is 0.0772. The Morgan fingerprint density at radius 1 is 1.39 bits per heavy atom. The second kappa shape index (κ2) is 5.87. The average Bonchev–Trinajstić information content (AvgIpc) is 2.81. The molecule has 0 aromatic heterocycles. The number of nitrogens with zero attached hydrogens (tertiary/aromatic N) is 1. The Bertz CT molecular complexity index is 438. The third-order valence-electron chi connectivity index (χ3n) is 3.71. The van der Waals surface area contributed by atoms with Crippen molar-refractivity contribution in [3.8, 4) is 0 Å². The van der Waals surface area contributed by atoms with E-state index in [0.717, 1.165) is 22.1 Å². The number of amides is 1. The number of hydrogen-bond acceptors (Lipinski definition) is 1. The summed E-state index contributed by atoms with van der Waals surface area (Å²) in [6, 6.07) is 5.89. The van der Waals surface area contributed by atoms with Crippen molar-refractivity contribution < 1.29 is 4.79 Å². The lowest BCUT2D eigenvalue weighted by Gasteiger charge is -2.21. The zero-order valence-corrected chi connectivity index (χ0v) is 12.7. The smallest absolute Gasteiger partial charge is 0.254 e. The fourth-order valence-electron chi connectivity index (χ4n) is 2.66. The van der Waals surface area contributed by atoms with Crippen LogP contribution in [0, 0.1) is 12.8 Å². The molecule has 1 aliphatic carbocycles. The molecule has 0 radical (unpaired) electrons. The maximum atomic E-state index is 12.4. The molecule has 0 saturated heterocycles. The average molecular weight is 310 g/mol. The molecule has 0 N–H and O–H groups in total. The number of rotatable bonds is 3. The van der Waals surface area contributed by atoms with Gasteiger partial charge in [0.05, 0.1) is 5.56 Å². The van der Waals surface area contributed by atoms with Crippen LogP contribution in [0.25, 0.3) is 0 Å². The SMILES string of the molecule is Cc1ccc(C(=O)N(C)CC2CCCC2)c(Br)c1. The molecular formula is C15H20BrNO. The van der Waals surface area contributed by atoms with Gasteiger partial charge in [-0.05, 0) is 59.3 Å². The minimum absolute atomic E-state index is 0.119. The molecule has 0 heterocycles. The van der Waals surface area contributed by atoms with Crippen molar-refractivity contribution in [2.45, 2.75) is 32.6 Å². The summed E-state index contributed by atoms with van der Waals surface area (Å²) in [5.74, 6) is 0.817. The van der Waals surface area contributed by atoms with Gasteiger partial charge >= 0.3 is 0 Å². The zero-order chi connectivity index (χ0) is 13.1. The molecule has 98 valence electrons. The van der Waals surface area contributed by atoms with Crippen LogP contribution < -0.4 is 0 Å². The molecule has 1 aromatic carbocycles. The highest BCUT2D eigenvalue weighted by Crippen LogP contribution is 2.26. The summed E-state index contributed by atoms with van der Waals surface area (Å²) < 4.78 is 0.894. The van der Waals surface area contributed by atoms with Crippen LogP contribution in [0.4, 0.5) is 0 Å². The van der Waals surface area contributed by atoms with E-state index in [4.69, 9.17) is 0 Å². The van der Waals surface area contributed by atoms with Gasteiger partial charge in [-0.2, -0.15) is 0 Å². The zero-order valence-electron chi connectivity index (χ0n) is 11.1. The van der Waals surface area contributed by atoms with E-state index in [1.54, 1.807) is 0 Å². The standard InChI is InChI=1S/C15H20BrNO/c1-11-7-8-13(14(16)9-11)15(18)17(2)10-12-5-3-4-6-12/h7-9,12H,3-6,10H2,1-2H3. The molecule has 1 aliphatic rings. The predicted octanol–water partition coefficient (Wildman–Crippen LogP) is 4.02. The van der Waals surface area contributed by atoms with Crippen LogP contribution in [0.1, 0.15) is 41.6 Å². The molecular weight excluding hydrogens is 290 g/mol. The monoisotopic (exact) mass is 309 g/mol. The molecule has 1 amide bonds. The van der Waals surface area contributed by atoms with Crippen molar-refractivity contribution in [2.24, 2.45) is 5.92 Å². The minimum atomic E-state index is 0.119. The topological polar surface area (TPSA) is 20.3 Å². The predicted molar refractivity (Wildman–Crippen MR) is 77.8 cm³/mol. The summed E-state index contributed by atoms with van der Waals surface area (Å²) in [4.78, 5) is 14.2. The summed E-state index contributed by atoms with van der Waals surface area (Å²) in [5.41, 5.74) is 1.93. The van der Waals surface area contributed by atoms with E-state index < -0.39 is 0 Å². The number of benzene rings is 1. The molecule has 3 heteroatoms. The molecule has 0 aliphatic heterocycles. The lowest BCUT2D eigenvalue weighted by Crippen LogP contribution is -2.31. The Kier molecular flexibility index (Phi) is 4.44. The summed E-state index contributed by atoms with van der Waals surface area (Å²) in [5, 5.41) is 0. The molecule has 1 aromatic rings. The van der Waals surface area contributed by atoms with Crippen molar-refractivity contribution in [1.82, 2.24) is 4.90 Å². The largest absolute Gasteiger partial charge is 0.341 e. The maximum absolute atomic E-state index is 12.4. The number of halogens is 1. The van der Waals surface area contributed by atoms with Crippen molar-refractivity contribution in [3.05, 3.63) is 33.8 Å². The maximum Gasteiger partial charge on any atom is 0.254 e. The van der Waals surface area contributed by atoms with Crippen LogP contribution in [0.15, 0.2) is 22.7 Å². The van der Waals surface area contributed by atoms with Gasteiger partial charge in [-0.1, -0.05) is 18.9 Å². The van der Waals surface area contributed by atoms with Crippen molar-refractivity contribution in [1.29, 1.82) is 0 Å². The molecule has 0 spiro atoms. The summed E-state index contributed by atoms with van der Waals surface area (Å²) in [7, 11) is 1.91. The molecule has 2 nitrogen and oxygen atoms in total. The number of carbonyl (C=O) groups is 1. The number of hydrogen-bond donors (Lipinski definition) is 0. The van der Waals surface area contributed by atoms with Crippen molar-refractivity contribution in [3.63, 3.8) is 0 Å². The van der Waals surface area contributed by atoms with Crippen LogP contribution in [0.5, 0.6) is 0 Å². The molecule has 1 fully saturated rings. The van der Waals surface area contributed by atoms with Gasteiger partial charge in [0.1, 0.15) is 0 Å². The number of carbonyl (C=O) groups excluding carboxylic acids is 1. The van der Waals surface area contributed by atoms with Crippen LogP contribution >= 0.6 is 15.9 Å².